The molecule has 1 amide bonds. The third-order valence-electron chi connectivity index (χ3n) is 2.72. The van der Waals surface area contributed by atoms with Crippen molar-refractivity contribution in [3.63, 3.8) is 0 Å². The Bertz CT molecular complexity index is 720. The van der Waals surface area contributed by atoms with Crippen LogP contribution in [0.2, 0.25) is 0 Å². The molecule has 0 radical (unpaired) electrons. The van der Waals surface area contributed by atoms with Crippen LogP contribution in [-0.4, -0.2) is 16.0 Å². The minimum Gasteiger partial charge on any atom is -0.508 e. The van der Waals surface area contributed by atoms with Gasteiger partial charge in [0.25, 0.3) is 5.91 Å². The van der Waals surface area contributed by atoms with Gasteiger partial charge < -0.3 is 15.7 Å². The van der Waals surface area contributed by atoms with E-state index in [4.69, 9.17) is 5.26 Å². The minimum atomic E-state index is -0.554. The quantitative estimate of drug-likeness (QED) is 0.578. The number of aromatic hydroxyl groups is 1. The van der Waals surface area contributed by atoms with Crippen molar-refractivity contribution in [1.82, 2.24) is 10.3 Å². The molecule has 1 aromatic carbocycles. The topological polar surface area (TPSA) is 98.0 Å². The predicted octanol–water partition coefficient (Wildman–Crippen LogP) is 1.92. The molecule has 6 heteroatoms. The number of anilines is 1. The van der Waals surface area contributed by atoms with Crippen LogP contribution in [0.1, 0.15) is 5.69 Å². The summed E-state index contributed by atoms with van der Waals surface area (Å²) in [6.45, 7) is 0.408. The van der Waals surface area contributed by atoms with Gasteiger partial charge in [-0.1, -0.05) is 12.1 Å². The first kappa shape index (κ1) is 15.1. The number of phenolic OH excluding ortho intramolecular Hbond substituents is 1. The molecule has 2 rings (SSSR count). The lowest BCUT2D eigenvalue weighted by molar-refractivity contribution is -0.112. The van der Waals surface area contributed by atoms with Gasteiger partial charge in [0.05, 0.1) is 12.2 Å². The number of carbonyl (C=O) groups excluding carboxylic acids is 1. The number of amides is 1. The monoisotopic (exact) mass is 294 g/mol. The fourth-order valence-corrected chi connectivity index (χ4v) is 1.69. The van der Waals surface area contributed by atoms with E-state index in [1.165, 1.54) is 18.3 Å². The van der Waals surface area contributed by atoms with Crippen LogP contribution in [0.25, 0.3) is 0 Å². The SMILES string of the molecule is N#C/C(=C/NCc1ccccn1)C(=O)Nc1cccc(O)c1. The molecule has 6 nitrogen and oxygen atoms in total. The van der Waals surface area contributed by atoms with Crippen molar-refractivity contribution in [1.29, 1.82) is 5.26 Å². The van der Waals surface area contributed by atoms with Crippen LogP contribution in [0.5, 0.6) is 5.75 Å². The zero-order valence-electron chi connectivity index (χ0n) is 11.7. The number of aromatic nitrogens is 1. The highest BCUT2D eigenvalue weighted by molar-refractivity contribution is 6.06. The van der Waals surface area contributed by atoms with Crippen molar-refractivity contribution in [3.8, 4) is 11.8 Å². The molecule has 3 N–H and O–H groups in total. The lowest BCUT2D eigenvalue weighted by Gasteiger charge is -2.05. The van der Waals surface area contributed by atoms with Gasteiger partial charge in [0.1, 0.15) is 17.4 Å². The number of hydrogen-bond acceptors (Lipinski definition) is 5. The van der Waals surface area contributed by atoms with Crippen molar-refractivity contribution in [2.24, 2.45) is 0 Å². The summed E-state index contributed by atoms with van der Waals surface area (Å²) in [6, 6.07) is 13.4. The molecule has 0 unspecified atom stereocenters. The summed E-state index contributed by atoms with van der Waals surface area (Å²) in [7, 11) is 0. The van der Waals surface area contributed by atoms with E-state index in [1.807, 2.05) is 24.3 Å². The second kappa shape index (κ2) is 7.45. The predicted molar refractivity (Wildman–Crippen MR) is 81.5 cm³/mol. The minimum absolute atomic E-state index is 0.0357. The molecule has 110 valence electrons. The van der Waals surface area contributed by atoms with Crippen LogP contribution < -0.4 is 10.6 Å². The second-order valence-corrected chi connectivity index (χ2v) is 4.38. The number of nitrogens with one attached hydrogen (secondary N) is 2. The second-order valence-electron chi connectivity index (χ2n) is 4.38. The van der Waals surface area contributed by atoms with E-state index in [9.17, 15) is 9.90 Å². The molecule has 0 saturated heterocycles. The maximum atomic E-state index is 12.0. The molecule has 0 saturated carbocycles. The van der Waals surface area contributed by atoms with Gasteiger partial charge >= 0.3 is 0 Å². The molecule has 0 fully saturated rings. The Kier molecular flexibility index (Phi) is 5.10. The van der Waals surface area contributed by atoms with Crippen LogP contribution in [0.15, 0.2) is 60.4 Å². The highest BCUT2D eigenvalue weighted by Crippen LogP contribution is 2.15. The van der Waals surface area contributed by atoms with E-state index < -0.39 is 5.91 Å². The molecule has 0 atom stereocenters. The molecule has 1 heterocycles. The van der Waals surface area contributed by atoms with E-state index in [0.29, 0.717) is 12.2 Å². The molecule has 0 bridgehead atoms. The first-order valence-electron chi connectivity index (χ1n) is 6.53. The molecule has 0 aliphatic carbocycles. The van der Waals surface area contributed by atoms with Crippen LogP contribution in [-0.2, 0) is 11.3 Å². The highest BCUT2D eigenvalue weighted by atomic mass is 16.3. The van der Waals surface area contributed by atoms with Gasteiger partial charge in [0, 0.05) is 24.2 Å². The summed E-state index contributed by atoms with van der Waals surface area (Å²) < 4.78 is 0. The zero-order chi connectivity index (χ0) is 15.8. The van der Waals surface area contributed by atoms with Gasteiger partial charge in [0.15, 0.2) is 0 Å². The molecule has 0 aliphatic heterocycles. The van der Waals surface area contributed by atoms with E-state index in [-0.39, 0.29) is 11.3 Å². The largest absolute Gasteiger partial charge is 0.508 e. The lowest BCUT2D eigenvalue weighted by atomic mass is 10.2. The normalized spacial score (nSPS) is 10.6. The molecule has 22 heavy (non-hydrogen) atoms. The summed E-state index contributed by atoms with van der Waals surface area (Å²) in [5.41, 5.74) is 1.14. The molecule has 2 aromatic rings. The Hall–Kier alpha value is -3.33. The van der Waals surface area contributed by atoms with Crippen molar-refractivity contribution in [2.75, 3.05) is 5.32 Å². The Labute approximate surface area is 127 Å². The van der Waals surface area contributed by atoms with Gasteiger partial charge in [-0.2, -0.15) is 5.26 Å². The van der Waals surface area contributed by atoms with Crippen LogP contribution in [0.4, 0.5) is 5.69 Å². The van der Waals surface area contributed by atoms with E-state index in [2.05, 4.69) is 15.6 Å². The van der Waals surface area contributed by atoms with Gasteiger partial charge in [-0.05, 0) is 24.3 Å². The molecule has 0 spiro atoms. The third-order valence-corrected chi connectivity index (χ3v) is 2.72. The van der Waals surface area contributed by atoms with Crippen LogP contribution >= 0.6 is 0 Å². The van der Waals surface area contributed by atoms with Gasteiger partial charge in [-0.25, -0.2) is 0 Å². The number of hydrogen-bond donors (Lipinski definition) is 3. The molecular weight excluding hydrogens is 280 g/mol. The van der Waals surface area contributed by atoms with Crippen molar-refractivity contribution in [2.45, 2.75) is 6.54 Å². The number of rotatable bonds is 5. The summed E-state index contributed by atoms with van der Waals surface area (Å²) in [4.78, 5) is 16.1. The van der Waals surface area contributed by atoms with Crippen molar-refractivity contribution < 1.29 is 9.90 Å². The fourth-order valence-electron chi connectivity index (χ4n) is 1.69. The Morgan fingerprint density at radius 2 is 2.18 bits per heavy atom. The summed E-state index contributed by atoms with van der Waals surface area (Å²) >= 11 is 0. The van der Waals surface area contributed by atoms with Gasteiger partial charge in [0.2, 0.25) is 0 Å². The Morgan fingerprint density at radius 1 is 1.32 bits per heavy atom. The van der Waals surface area contributed by atoms with E-state index >= 15 is 0 Å². The average Bonchev–Trinajstić information content (AvgIpc) is 2.52. The van der Waals surface area contributed by atoms with E-state index in [0.717, 1.165) is 5.69 Å². The Balaban J connectivity index is 1.97. The highest BCUT2D eigenvalue weighted by Gasteiger charge is 2.09. The smallest absolute Gasteiger partial charge is 0.267 e. The number of nitriles is 1. The number of pyridine rings is 1. The van der Waals surface area contributed by atoms with Gasteiger partial charge in [-0.3, -0.25) is 9.78 Å². The first-order valence-corrected chi connectivity index (χ1v) is 6.53. The van der Waals surface area contributed by atoms with Crippen LogP contribution in [0, 0.1) is 11.3 Å². The molecule has 0 aliphatic rings. The fraction of sp³-hybridized carbons (Fsp3) is 0.0625. The third kappa shape index (κ3) is 4.35. The zero-order valence-corrected chi connectivity index (χ0v) is 11.7. The summed E-state index contributed by atoms with van der Waals surface area (Å²) in [5.74, 6) is -0.518. The maximum absolute atomic E-state index is 12.0. The standard InChI is InChI=1S/C16H14N4O2/c17-9-12(10-18-11-14-4-1-2-7-19-14)16(22)20-13-5-3-6-15(21)8-13/h1-8,10,18,21H,11H2,(H,20,22)/b12-10-. The number of carbonyl (C=O) groups is 1. The number of phenols is 1. The molecular formula is C16H14N4O2. The van der Waals surface area contributed by atoms with Crippen molar-refractivity contribution >= 4 is 11.6 Å². The number of benzene rings is 1. The van der Waals surface area contributed by atoms with Crippen LogP contribution in [0.3, 0.4) is 0 Å². The maximum Gasteiger partial charge on any atom is 0.267 e. The molecule has 1 aromatic heterocycles. The Morgan fingerprint density at radius 3 is 2.86 bits per heavy atom. The van der Waals surface area contributed by atoms with E-state index in [1.54, 1.807) is 18.3 Å². The lowest BCUT2D eigenvalue weighted by Crippen LogP contribution is -2.16. The number of nitrogens with zero attached hydrogens (tertiary/aromatic N) is 2. The van der Waals surface area contributed by atoms with Crippen molar-refractivity contribution in [3.05, 3.63) is 66.1 Å². The van der Waals surface area contributed by atoms with Gasteiger partial charge in [-0.15, -0.1) is 0 Å². The average molecular weight is 294 g/mol. The first-order chi connectivity index (χ1) is 10.7. The summed E-state index contributed by atoms with van der Waals surface area (Å²) in [6.07, 6.45) is 3.01. The summed E-state index contributed by atoms with van der Waals surface area (Å²) in [5, 5.41) is 23.8.